The molecule has 1 aromatic rings. The van der Waals surface area contributed by atoms with Crippen molar-refractivity contribution in [2.45, 2.75) is 51.0 Å². The smallest absolute Gasteiger partial charge is 0.124 e. The van der Waals surface area contributed by atoms with Gasteiger partial charge in [0.05, 0.1) is 6.10 Å². The Hall–Kier alpha value is -0.600. The maximum absolute atomic E-state index is 13.3. The number of hydrogen-bond acceptors (Lipinski definition) is 1. The van der Waals surface area contributed by atoms with Crippen LogP contribution < -0.4 is 0 Å². The lowest BCUT2D eigenvalue weighted by atomic mass is 9.83. The largest absolute Gasteiger partial charge is 0.378 e. The van der Waals surface area contributed by atoms with Crippen molar-refractivity contribution in [1.29, 1.82) is 0 Å². The minimum atomic E-state index is -0.234. The Kier molecular flexibility index (Phi) is 5.02. The van der Waals surface area contributed by atoms with E-state index in [1.807, 2.05) is 6.07 Å². The molecule has 3 heteroatoms. The zero-order chi connectivity index (χ0) is 13.0. The first-order valence-corrected chi connectivity index (χ1v) is 7.14. The highest BCUT2D eigenvalue weighted by molar-refractivity contribution is 6.30. The van der Waals surface area contributed by atoms with Crippen LogP contribution >= 0.6 is 11.6 Å². The maximum Gasteiger partial charge on any atom is 0.124 e. The lowest BCUT2D eigenvalue weighted by molar-refractivity contribution is 0.0251. The van der Waals surface area contributed by atoms with Crippen molar-refractivity contribution in [3.8, 4) is 0 Å². The Labute approximate surface area is 113 Å². The summed E-state index contributed by atoms with van der Waals surface area (Å²) in [6.45, 7) is 2.97. The number of halogens is 2. The molecular formula is C15H20ClFO. The van der Waals surface area contributed by atoms with Gasteiger partial charge in [0.25, 0.3) is 0 Å². The predicted molar refractivity (Wildman–Crippen MR) is 72.7 cm³/mol. The van der Waals surface area contributed by atoms with Crippen LogP contribution in [0.15, 0.2) is 18.2 Å². The second-order valence-electron chi connectivity index (χ2n) is 5.05. The summed E-state index contributed by atoms with van der Waals surface area (Å²) in [6, 6.07) is 4.87. The van der Waals surface area contributed by atoms with Gasteiger partial charge >= 0.3 is 0 Å². The molecule has 0 amide bonds. The number of benzene rings is 1. The molecule has 0 aliphatic heterocycles. The van der Waals surface area contributed by atoms with Gasteiger partial charge in [-0.05, 0) is 61.8 Å². The van der Waals surface area contributed by atoms with Gasteiger partial charge in [-0.2, -0.15) is 0 Å². The van der Waals surface area contributed by atoms with E-state index in [9.17, 15) is 4.39 Å². The molecule has 0 N–H and O–H groups in total. The fourth-order valence-electron chi connectivity index (χ4n) is 2.66. The quantitative estimate of drug-likeness (QED) is 0.754. The van der Waals surface area contributed by atoms with Crippen molar-refractivity contribution in [2.75, 3.05) is 6.61 Å². The third-order valence-corrected chi connectivity index (χ3v) is 3.81. The Morgan fingerprint density at radius 1 is 1.22 bits per heavy atom. The number of rotatable bonds is 4. The Morgan fingerprint density at radius 3 is 2.56 bits per heavy atom. The zero-order valence-corrected chi connectivity index (χ0v) is 11.5. The van der Waals surface area contributed by atoms with Gasteiger partial charge in [0.2, 0.25) is 0 Å². The molecule has 1 nitrogen and oxygen atoms in total. The first kappa shape index (κ1) is 13.8. The van der Waals surface area contributed by atoms with Gasteiger partial charge in [0.1, 0.15) is 5.82 Å². The maximum atomic E-state index is 13.3. The second-order valence-corrected chi connectivity index (χ2v) is 5.48. The molecule has 1 aliphatic carbocycles. The third-order valence-electron chi connectivity index (χ3n) is 3.59. The lowest BCUT2D eigenvalue weighted by Crippen LogP contribution is -2.21. The number of ether oxygens (including phenoxy) is 1. The topological polar surface area (TPSA) is 9.23 Å². The summed E-state index contributed by atoms with van der Waals surface area (Å²) >= 11 is 5.90. The molecule has 0 spiro atoms. The Balaban J connectivity index is 1.92. The van der Waals surface area contributed by atoms with E-state index in [1.54, 1.807) is 6.07 Å². The summed E-state index contributed by atoms with van der Waals surface area (Å²) in [7, 11) is 0. The molecule has 0 saturated heterocycles. The normalized spacial score (nSPS) is 24.2. The summed E-state index contributed by atoms with van der Waals surface area (Å²) in [6.07, 6.45) is 5.73. The van der Waals surface area contributed by atoms with E-state index in [4.69, 9.17) is 16.3 Å². The van der Waals surface area contributed by atoms with E-state index in [2.05, 4.69) is 6.92 Å². The molecule has 1 saturated carbocycles. The molecule has 0 unspecified atom stereocenters. The molecule has 100 valence electrons. The molecule has 0 bridgehead atoms. The highest BCUT2D eigenvalue weighted by atomic mass is 35.5. The van der Waals surface area contributed by atoms with Crippen LogP contribution in [0.2, 0.25) is 5.02 Å². The lowest BCUT2D eigenvalue weighted by Gasteiger charge is -2.28. The van der Waals surface area contributed by atoms with E-state index in [-0.39, 0.29) is 5.82 Å². The minimum absolute atomic E-state index is 0.234. The van der Waals surface area contributed by atoms with Gasteiger partial charge in [-0.1, -0.05) is 18.5 Å². The first-order chi connectivity index (χ1) is 8.69. The van der Waals surface area contributed by atoms with Crippen LogP contribution in [0.4, 0.5) is 4.39 Å². The van der Waals surface area contributed by atoms with Gasteiger partial charge in [-0.3, -0.25) is 0 Å². The van der Waals surface area contributed by atoms with Gasteiger partial charge in [-0.15, -0.1) is 0 Å². The summed E-state index contributed by atoms with van der Waals surface area (Å²) in [5.74, 6) is 0.196. The molecule has 1 aromatic carbocycles. The zero-order valence-electron chi connectivity index (χ0n) is 10.8. The minimum Gasteiger partial charge on any atom is -0.378 e. The van der Waals surface area contributed by atoms with E-state index in [1.165, 1.54) is 6.07 Å². The Morgan fingerprint density at radius 2 is 1.94 bits per heavy atom. The average molecular weight is 271 g/mol. The highest BCUT2D eigenvalue weighted by Crippen LogP contribution is 2.35. The van der Waals surface area contributed by atoms with E-state index < -0.39 is 0 Å². The van der Waals surface area contributed by atoms with E-state index in [0.717, 1.165) is 44.3 Å². The molecular weight excluding hydrogens is 251 g/mol. The first-order valence-electron chi connectivity index (χ1n) is 6.76. The van der Waals surface area contributed by atoms with Crippen LogP contribution in [0.25, 0.3) is 0 Å². The fourth-order valence-corrected chi connectivity index (χ4v) is 2.89. The van der Waals surface area contributed by atoms with E-state index in [0.29, 0.717) is 17.0 Å². The Bertz CT molecular complexity index is 366. The van der Waals surface area contributed by atoms with Crippen molar-refractivity contribution < 1.29 is 9.13 Å². The average Bonchev–Trinajstić information content (AvgIpc) is 2.36. The number of hydrogen-bond donors (Lipinski definition) is 0. The van der Waals surface area contributed by atoms with Crippen LogP contribution in [-0.2, 0) is 4.74 Å². The molecule has 1 fully saturated rings. The molecule has 0 atom stereocenters. The van der Waals surface area contributed by atoms with Crippen molar-refractivity contribution in [3.05, 3.63) is 34.6 Å². The van der Waals surface area contributed by atoms with E-state index >= 15 is 0 Å². The second kappa shape index (κ2) is 6.53. The van der Waals surface area contributed by atoms with Crippen LogP contribution in [0.3, 0.4) is 0 Å². The highest BCUT2D eigenvalue weighted by Gasteiger charge is 2.23. The van der Waals surface area contributed by atoms with Crippen LogP contribution in [-0.4, -0.2) is 12.7 Å². The summed E-state index contributed by atoms with van der Waals surface area (Å²) < 4.78 is 19.1. The summed E-state index contributed by atoms with van der Waals surface area (Å²) in [4.78, 5) is 0. The van der Waals surface area contributed by atoms with Crippen LogP contribution in [0.1, 0.15) is 50.5 Å². The van der Waals surface area contributed by atoms with Gasteiger partial charge in [0, 0.05) is 11.6 Å². The predicted octanol–water partition coefficient (Wildman–Crippen LogP) is 4.93. The van der Waals surface area contributed by atoms with Crippen LogP contribution in [0.5, 0.6) is 0 Å². The monoisotopic (exact) mass is 270 g/mol. The van der Waals surface area contributed by atoms with Crippen LogP contribution in [0, 0.1) is 5.82 Å². The molecule has 0 radical (unpaired) electrons. The molecule has 0 heterocycles. The van der Waals surface area contributed by atoms with Crippen molar-refractivity contribution in [1.82, 2.24) is 0 Å². The van der Waals surface area contributed by atoms with Gasteiger partial charge < -0.3 is 4.74 Å². The fraction of sp³-hybridized carbons (Fsp3) is 0.600. The SMILES string of the molecule is CCCOC1CCC(c2cc(F)cc(Cl)c2)CC1. The van der Waals surface area contributed by atoms with Gasteiger partial charge in [-0.25, -0.2) is 4.39 Å². The summed E-state index contributed by atoms with van der Waals surface area (Å²) in [5.41, 5.74) is 1.04. The van der Waals surface area contributed by atoms with Crippen molar-refractivity contribution in [2.24, 2.45) is 0 Å². The standard InChI is InChI=1S/C15H20ClFO/c1-2-7-18-15-5-3-11(4-6-15)12-8-13(16)10-14(17)9-12/h8-11,15H,2-7H2,1H3. The van der Waals surface area contributed by atoms with Gasteiger partial charge in [0.15, 0.2) is 0 Å². The molecule has 18 heavy (non-hydrogen) atoms. The molecule has 0 aromatic heterocycles. The van der Waals surface area contributed by atoms with Crippen molar-refractivity contribution >= 4 is 11.6 Å². The third kappa shape index (κ3) is 3.69. The van der Waals surface area contributed by atoms with Crippen molar-refractivity contribution in [3.63, 3.8) is 0 Å². The molecule has 2 rings (SSSR count). The summed E-state index contributed by atoms with van der Waals surface area (Å²) in [5, 5.41) is 0.495. The molecule has 1 aliphatic rings.